The van der Waals surface area contributed by atoms with Gasteiger partial charge in [-0.3, -0.25) is 4.68 Å². The number of halogens is 1. The van der Waals surface area contributed by atoms with E-state index in [-0.39, 0.29) is 5.41 Å². The maximum atomic E-state index is 6.32. The van der Waals surface area contributed by atoms with Crippen molar-refractivity contribution >= 4 is 11.6 Å². The highest BCUT2D eigenvalue weighted by molar-refractivity contribution is 6.31. The molecule has 0 spiro atoms. The molecular formula is C15H28ClN3. The summed E-state index contributed by atoms with van der Waals surface area (Å²) in [5.74, 6) is 0.706. The summed E-state index contributed by atoms with van der Waals surface area (Å²) in [6.07, 6.45) is 2.10. The summed E-state index contributed by atoms with van der Waals surface area (Å²) in [6.45, 7) is 13.2. The van der Waals surface area contributed by atoms with E-state index in [2.05, 4.69) is 38.1 Å². The second-order valence-corrected chi connectivity index (χ2v) is 7.04. The van der Waals surface area contributed by atoms with Crippen molar-refractivity contribution in [3.63, 3.8) is 0 Å². The van der Waals surface area contributed by atoms with E-state index in [0.717, 1.165) is 42.3 Å². The van der Waals surface area contributed by atoms with Gasteiger partial charge >= 0.3 is 0 Å². The van der Waals surface area contributed by atoms with Crippen LogP contribution in [0, 0.1) is 18.3 Å². The van der Waals surface area contributed by atoms with E-state index in [0.29, 0.717) is 5.92 Å². The minimum atomic E-state index is 0.230. The summed E-state index contributed by atoms with van der Waals surface area (Å²) in [7, 11) is 1.97. The van der Waals surface area contributed by atoms with Crippen LogP contribution in [-0.4, -0.2) is 22.9 Å². The highest BCUT2D eigenvalue weighted by Crippen LogP contribution is 2.30. The zero-order chi connectivity index (χ0) is 14.6. The largest absolute Gasteiger partial charge is 0.316 e. The van der Waals surface area contributed by atoms with Crippen molar-refractivity contribution in [2.75, 3.05) is 13.1 Å². The lowest BCUT2D eigenvalue weighted by Crippen LogP contribution is -2.27. The molecule has 1 aromatic rings. The van der Waals surface area contributed by atoms with Gasteiger partial charge in [0.1, 0.15) is 0 Å². The fraction of sp³-hybridized carbons (Fsp3) is 0.800. The Balaban J connectivity index is 2.54. The highest BCUT2D eigenvalue weighted by atomic mass is 35.5. The highest BCUT2D eigenvalue weighted by Gasteiger charge is 2.23. The van der Waals surface area contributed by atoms with E-state index >= 15 is 0 Å². The molecule has 1 rings (SSSR count). The average molecular weight is 286 g/mol. The van der Waals surface area contributed by atoms with Crippen LogP contribution >= 0.6 is 11.6 Å². The molecule has 0 aliphatic heterocycles. The quantitative estimate of drug-likeness (QED) is 0.776. The van der Waals surface area contributed by atoms with Crippen LogP contribution in [0.1, 0.15) is 45.5 Å². The standard InChI is InChI=1S/C15H28ClN3/c1-11(2)10-17-8-7-15(4,5)9-13-14(16)12(3)18-19(13)6/h11,17H,7-10H2,1-6H3. The fourth-order valence-corrected chi connectivity index (χ4v) is 2.46. The lowest BCUT2D eigenvalue weighted by atomic mass is 9.84. The van der Waals surface area contributed by atoms with Crippen LogP contribution in [0.4, 0.5) is 0 Å². The van der Waals surface area contributed by atoms with Crippen LogP contribution < -0.4 is 5.32 Å². The Hall–Kier alpha value is -0.540. The second kappa shape index (κ2) is 6.76. The summed E-state index contributed by atoms with van der Waals surface area (Å²) in [4.78, 5) is 0. The molecule has 0 aromatic carbocycles. The van der Waals surface area contributed by atoms with Gasteiger partial charge < -0.3 is 5.32 Å². The number of hydrogen-bond acceptors (Lipinski definition) is 2. The fourth-order valence-electron chi connectivity index (χ4n) is 2.23. The van der Waals surface area contributed by atoms with Crippen molar-refractivity contribution in [2.45, 2.75) is 47.5 Å². The Bertz CT molecular complexity index is 408. The van der Waals surface area contributed by atoms with Crippen molar-refractivity contribution in [3.05, 3.63) is 16.4 Å². The average Bonchev–Trinajstić information content (AvgIpc) is 2.51. The van der Waals surface area contributed by atoms with E-state index in [4.69, 9.17) is 11.6 Å². The van der Waals surface area contributed by atoms with Gasteiger partial charge in [0.15, 0.2) is 0 Å². The Morgan fingerprint density at radius 3 is 2.47 bits per heavy atom. The van der Waals surface area contributed by atoms with Gasteiger partial charge in [-0.15, -0.1) is 0 Å². The third-order valence-corrected chi connectivity index (χ3v) is 3.93. The maximum absolute atomic E-state index is 6.32. The minimum absolute atomic E-state index is 0.230. The van der Waals surface area contributed by atoms with Gasteiger partial charge in [-0.25, -0.2) is 0 Å². The van der Waals surface area contributed by atoms with E-state index in [1.165, 1.54) is 0 Å². The Morgan fingerprint density at radius 2 is 2.00 bits per heavy atom. The second-order valence-electron chi connectivity index (χ2n) is 6.66. The predicted octanol–water partition coefficient (Wildman–Crippen LogP) is 3.59. The van der Waals surface area contributed by atoms with Crippen LogP contribution in [0.2, 0.25) is 5.02 Å². The van der Waals surface area contributed by atoms with Gasteiger partial charge in [0.25, 0.3) is 0 Å². The van der Waals surface area contributed by atoms with Gasteiger partial charge in [-0.1, -0.05) is 39.3 Å². The number of nitrogens with zero attached hydrogens (tertiary/aromatic N) is 2. The van der Waals surface area contributed by atoms with Gasteiger partial charge in [-0.2, -0.15) is 5.10 Å². The molecule has 0 fully saturated rings. The van der Waals surface area contributed by atoms with Gasteiger partial charge in [0, 0.05) is 7.05 Å². The molecule has 110 valence electrons. The van der Waals surface area contributed by atoms with Gasteiger partial charge in [-0.05, 0) is 44.2 Å². The molecule has 1 heterocycles. The summed E-state index contributed by atoms with van der Waals surface area (Å²) >= 11 is 6.32. The zero-order valence-electron chi connectivity index (χ0n) is 13.2. The number of rotatable bonds is 7. The van der Waals surface area contributed by atoms with Crippen molar-refractivity contribution in [3.8, 4) is 0 Å². The van der Waals surface area contributed by atoms with E-state index in [1.807, 2.05) is 18.7 Å². The molecule has 0 bridgehead atoms. The Morgan fingerprint density at radius 1 is 1.37 bits per heavy atom. The van der Waals surface area contributed by atoms with E-state index in [1.54, 1.807) is 0 Å². The first-order chi connectivity index (χ1) is 8.73. The summed E-state index contributed by atoms with van der Waals surface area (Å²) in [5, 5.41) is 8.71. The molecule has 1 aromatic heterocycles. The van der Waals surface area contributed by atoms with Crippen LogP contribution in [0.5, 0.6) is 0 Å². The first kappa shape index (κ1) is 16.5. The Kier molecular flexibility index (Phi) is 5.87. The summed E-state index contributed by atoms with van der Waals surface area (Å²) in [5.41, 5.74) is 2.30. The molecule has 0 radical (unpaired) electrons. The summed E-state index contributed by atoms with van der Waals surface area (Å²) in [6, 6.07) is 0. The topological polar surface area (TPSA) is 29.9 Å². The lowest BCUT2D eigenvalue weighted by Gasteiger charge is -2.25. The summed E-state index contributed by atoms with van der Waals surface area (Å²) < 4.78 is 1.92. The molecule has 0 aliphatic carbocycles. The van der Waals surface area contributed by atoms with Crippen LogP contribution in [0.15, 0.2) is 0 Å². The maximum Gasteiger partial charge on any atom is 0.0847 e. The van der Waals surface area contributed by atoms with E-state index in [9.17, 15) is 0 Å². The first-order valence-corrected chi connectivity index (χ1v) is 7.49. The third kappa shape index (κ3) is 5.15. The molecule has 4 heteroatoms. The van der Waals surface area contributed by atoms with Crippen LogP contribution in [0.25, 0.3) is 0 Å². The molecule has 3 nitrogen and oxygen atoms in total. The molecule has 0 aliphatic rings. The van der Waals surface area contributed by atoms with Crippen molar-refractivity contribution in [1.82, 2.24) is 15.1 Å². The molecule has 0 atom stereocenters. The van der Waals surface area contributed by atoms with Crippen LogP contribution in [-0.2, 0) is 13.5 Å². The molecule has 0 saturated carbocycles. The number of hydrogen-bond donors (Lipinski definition) is 1. The van der Waals surface area contributed by atoms with Crippen molar-refractivity contribution in [2.24, 2.45) is 18.4 Å². The first-order valence-electron chi connectivity index (χ1n) is 7.11. The van der Waals surface area contributed by atoms with Crippen molar-refractivity contribution in [1.29, 1.82) is 0 Å². The monoisotopic (exact) mass is 285 g/mol. The molecular weight excluding hydrogens is 258 g/mol. The number of aromatic nitrogens is 2. The molecule has 1 N–H and O–H groups in total. The van der Waals surface area contributed by atoms with Crippen LogP contribution in [0.3, 0.4) is 0 Å². The third-order valence-electron chi connectivity index (χ3n) is 3.44. The minimum Gasteiger partial charge on any atom is -0.316 e. The lowest BCUT2D eigenvalue weighted by molar-refractivity contribution is 0.315. The van der Waals surface area contributed by atoms with Gasteiger partial charge in [0.2, 0.25) is 0 Å². The SMILES string of the molecule is Cc1nn(C)c(CC(C)(C)CCNCC(C)C)c1Cl. The number of aryl methyl sites for hydroxylation is 2. The Labute approximate surface area is 122 Å². The molecule has 0 unspecified atom stereocenters. The van der Waals surface area contributed by atoms with E-state index < -0.39 is 0 Å². The van der Waals surface area contributed by atoms with Crippen molar-refractivity contribution < 1.29 is 0 Å². The smallest absolute Gasteiger partial charge is 0.0847 e. The van der Waals surface area contributed by atoms with Gasteiger partial charge in [0.05, 0.1) is 16.4 Å². The molecule has 19 heavy (non-hydrogen) atoms. The molecule has 0 saturated heterocycles. The zero-order valence-corrected chi connectivity index (χ0v) is 13.9. The normalized spacial score (nSPS) is 12.4. The molecule has 0 amide bonds. The predicted molar refractivity (Wildman–Crippen MR) is 82.8 cm³/mol. The number of nitrogens with one attached hydrogen (secondary N) is 1.